The summed E-state index contributed by atoms with van der Waals surface area (Å²) < 4.78 is 35.2. The largest absolute Gasteiger partial charge is 0.497 e. The third kappa shape index (κ3) is 4.77. The zero-order valence-corrected chi connectivity index (χ0v) is 19.9. The van der Waals surface area contributed by atoms with E-state index in [0.29, 0.717) is 28.5 Å². The topological polar surface area (TPSA) is 93.5 Å². The molecule has 0 bridgehead atoms. The molecule has 0 atom stereocenters. The molecule has 0 aliphatic rings. The van der Waals surface area contributed by atoms with Gasteiger partial charge in [-0.15, -0.1) is 0 Å². The average molecular weight is 457 g/mol. The lowest BCUT2D eigenvalue weighted by molar-refractivity contribution is -0.114. The molecular formula is C23H28N4O4S. The van der Waals surface area contributed by atoms with Crippen molar-refractivity contribution in [1.29, 1.82) is 0 Å². The standard InChI is InChI=1S/C23H28N4O4S/c1-15-11-16(2)13-19(12-15)24-22(28)14-27(20-7-9-21(31-6)10-8-20)32(29,30)23-17(3)25-26(5)18(23)4/h7-13H,14H2,1-6H3,(H,24,28). The number of carbonyl (C=O) groups is 1. The number of amides is 1. The van der Waals surface area contributed by atoms with E-state index in [9.17, 15) is 13.2 Å². The number of aromatic nitrogens is 2. The molecule has 32 heavy (non-hydrogen) atoms. The van der Waals surface area contributed by atoms with Crippen molar-refractivity contribution < 1.29 is 17.9 Å². The number of benzene rings is 2. The Bertz CT molecular complexity index is 1230. The zero-order chi connectivity index (χ0) is 23.6. The monoisotopic (exact) mass is 456 g/mol. The van der Waals surface area contributed by atoms with Crippen LogP contribution in [0.25, 0.3) is 0 Å². The molecule has 1 amide bonds. The molecule has 2 aromatic carbocycles. The summed E-state index contributed by atoms with van der Waals surface area (Å²) in [4.78, 5) is 13.0. The van der Waals surface area contributed by atoms with Crippen molar-refractivity contribution in [2.75, 3.05) is 23.3 Å². The molecule has 0 aliphatic carbocycles. The smallest absolute Gasteiger partial charge is 0.268 e. The summed E-state index contributed by atoms with van der Waals surface area (Å²) in [5.74, 6) is 0.133. The summed E-state index contributed by atoms with van der Waals surface area (Å²) >= 11 is 0. The van der Waals surface area contributed by atoms with E-state index < -0.39 is 22.5 Å². The molecule has 1 heterocycles. The van der Waals surface area contributed by atoms with Crippen LogP contribution in [0, 0.1) is 27.7 Å². The number of hydrogen-bond donors (Lipinski definition) is 1. The van der Waals surface area contributed by atoms with Crippen LogP contribution in [0.15, 0.2) is 47.4 Å². The highest BCUT2D eigenvalue weighted by molar-refractivity contribution is 7.93. The molecule has 8 nitrogen and oxygen atoms in total. The number of carbonyl (C=O) groups excluding carboxylic acids is 1. The first-order chi connectivity index (χ1) is 15.0. The van der Waals surface area contributed by atoms with E-state index in [1.54, 1.807) is 45.2 Å². The third-order valence-corrected chi connectivity index (χ3v) is 7.17. The van der Waals surface area contributed by atoms with Gasteiger partial charge < -0.3 is 10.1 Å². The van der Waals surface area contributed by atoms with Crippen molar-refractivity contribution >= 4 is 27.3 Å². The maximum atomic E-state index is 13.7. The van der Waals surface area contributed by atoms with Gasteiger partial charge >= 0.3 is 0 Å². The minimum atomic E-state index is -4.07. The van der Waals surface area contributed by atoms with Crippen LogP contribution in [-0.2, 0) is 21.9 Å². The zero-order valence-electron chi connectivity index (χ0n) is 19.1. The van der Waals surface area contributed by atoms with Gasteiger partial charge in [-0.3, -0.25) is 13.8 Å². The summed E-state index contributed by atoms with van der Waals surface area (Å²) in [7, 11) is -0.852. The lowest BCUT2D eigenvalue weighted by Crippen LogP contribution is -2.38. The molecule has 0 radical (unpaired) electrons. The number of ether oxygens (including phenoxy) is 1. The van der Waals surface area contributed by atoms with Crippen LogP contribution in [0.3, 0.4) is 0 Å². The van der Waals surface area contributed by atoms with Crippen LogP contribution in [0.4, 0.5) is 11.4 Å². The number of nitrogens with one attached hydrogen (secondary N) is 1. The lowest BCUT2D eigenvalue weighted by Gasteiger charge is -2.24. The van der Waals surface area contributed by atoms with Crippen molar-refractivity contribution in [2.45, 2.75) is 32.6 Å². The first kappa shape index (κ1) is 23.3. The van der Waals surface area contributed by atoms with Gasteiger partial charge in [-0.05, 0) is 75.2 Å². The normalized spacial score (nSPS) is 11.3. The van der Waals surface area contributed by atoms with Gasteiger partial charge in [-0.25, -0.2) is 8.42 Å². The number of methoxy groups -OCH3 is 1. The van der Waals surface area contributed by atoms with Crippen molar-refractivity contribution in [3.05, 3.63) is 65.0 Å². The molecule has 3 rings (SSSR count). The quantitative estimate of drug-likeness (QED) is 0.587. The summed E-state index contributed by atoms with van der Waals surface area (Å²) in [6.45, 7) is 6.81. The van der Waals surface area contributed by atoms with E-state index in [-0.39, 0.29) is 4.90 Å². The van der Waals surface area contributed by atoms with Gasteiger partial charge in [-0.2, -0.15) is 5.10 Å². The number of aryl methyl sites for hydroxylation is 4. The fourth-order valence-corrected chi connectivity index (χ4v) is 5.51. The molecule has 0 spiro atoms. The van der Waals surface area contributed by atoms with Gasteiger partial charge in [0.15, 0.2) is 0 Å². The van der Waals surface area contributed by atoms with E-state index in [4.69, 9.17) is 4.74 Å². The molecule has 9 heteroatoms. The van der Waals surface area contributed by atoms with E-state index >= 15 is 0 Å². The molecular weight excluding hydrogens is 428 g/mol. The van der Waals surface area contributed by atoms with Crippen molar-refractivity contribution in [1.82, 2.24) is 9.78 Å². The van der Waals surface area contributed by atoms with Crippen LogP contribution in [-0.4, -0.2) is 37.8 Å². The second-order valence-corrected chi connectivity index (χ2v) is 9.56. The molecule has 0 unspecified atom stereocenters. The fraction of sp³-hybridized carbons (Fsp3) is 0.304. The summed E-state index contributed by atoms with van der Waals surface area (Å²) in [5.41, 5.74) is 3.84. The second kappa shape index (κ2) is 9.04. The Morgan fingerprint density at radius 2 is 1.66 bits per heavy atom. The van der Waals surface area contributed by atoms with Gasteiger partial charge in [0, 0.05) is 12.7 Å². The maximum Gasteiger partial charge on any atom is 0.268 e. The molecule has 0 saturated heterocycles. The molecule has 1 aromatic heterocycles. The Labute approximate surface area is 188 Å². The SMILES string of the molecule is COc1ccc(N(CC(=O)Nc2cc(C)cc(C)c2)S(=O)(=O)c2c(C)nn(C)c2C)cc1. The van der Waals surface area contributed by atoms with Crippen LogP contribution in [0.5, 0.6) is 5.75 Å². The minimum absolute atomic E-state index is 0.0926. The van der Waals surface area contributed by atoms with Gasteiger partial charge in [0.25, 0.3) is 10.0 Å². The Kier molecular flexibility index (Phi) is 6.59. The van der Waals surface area contributed by atoms with Gasteiger partial charge in [-0.1, -0.05) is 6.07 Å². The van der Waals surface area contributed by atoms with E-state index in [1.807, 2.05) is 32.0 Å². The van der Waals surface area contributed by atoms with Gasteiger partial charge in [0.05, 0.1) is 24.2 Å². The van der Waals surface area contributed by atoms with E-state index in [0.717, 1.165) is 15.4 Å². The summed E-state index contributed by atoms with van der Waals surface area (Å²) in [5, 5.41) is 7.05. The van der Waals surface area contributed by atoms with E-state index in [1.165, 1.54) is 11.8 Å². The number of hydrogen-bond acceptors (Lipinski definition) is 5. The molecule has 1 N–H and O–H groups in total. The maximum absolute atomic E-state index is 13.7. The van der Waals surface area contributed by atoms with Crippen LogP contribution in [0.2, 0.25) is 0 Å². The molecule has 3 aromatic rings. The molecule has 0 saturated carbocycles. The highest BCUT2D eigenvalue weighted by Crippen LogP contribution is 2.29. The molecule has 170 valence electrons. The Morgan fingerprint density at radius 3 is 2.16 bits per heavy atom. The Morgan fingerprint density at radius 1 is 1.06 bits per heavy atom. The molecule has 0 fully saturated rings. The van der Waals surface area contributed by atoms with Crippen LogP contribution >= 0.6 is 0 Å². The van der Waals surface area contributed by atoms with Crippen LogP contribution < -0.4 is 14.4 Å². The second-order valence-electron chi connectivity index (χ2n) is 7.76. The minimum Gasteiger partial charge on any atom is -0.497 e. The predicted octanol–water partition coefficient (Wildman–Crippen LogP) is 3.50. The lowest BCUT2D eigenvalue weighted by atomic mass is 10.1. The Hall–Kier alpha value is -3.33. The fourth-order valence-electron chi connectivity index (χ4n) is 3.68. The number of nitrogens with zero attached hydrogens (tertiary/aromatic N) is 3. The number of rotatable bonds is 7. The van der Waals surface area contributed by atoms with Crippen LogP contribution in [0.1, 0.15) is 22.5 Å². The predicted molar refractivity (Wildman–Crippen MR) is 125 cm³/mol. The van der Waals surface area contributed by atoms with Crippen molar-refractivity contribution in [2.24, 2.45) is 7.05 Å². The average Bonchev–Trinajstić information content (AvgIpc) is 2.97. The highest BCUT2D eigenvalue weighted by Gasteiger charge is 2.32. The number of sulfonamides is 1. The van der Waals surface area contributed by atoms with Crippen molar-refractivity contribution in [3.8, 4) is 5.75 Å². The third-order valence-electron chi connectivity index (χ3n) is 5.14. The van der Waals surface area contributed by atoms with Gasteiger partial charge in [0.2, 0.25) is 5.91 Å². The highest BCUT2D eigenvalue weighted by atomic mass is 32.2. The first-order valence-corrected chi connectivity index (χ1v) is 11.5. The number of anilines is 2. The van der Waals surface area contributed by atoms with Crippen molar-refractivity contribution in [3.63, 3.8) is 0 Å². The first-order valence-electron chi connectivity index (χ1n) is 10.1. The molecule has 0 aliphatic heterocycles. The van der Waals surface area contributed by atoms with E-state index in [2.05, 4.69) is 10.4 Å². The summed E-state index contributed by atoms with van der Waals surface area (Å²) in [6, 6.07) is 12.2. The summed E-state index contributed by atoms with van der Waals surface area (Å²) in [6.07, 6.45) is 0. The Balaban J connectivity index is 2.01. The van der Waals surface area contributed by atoms with Gasteiger partial charge in [0.1, 0.15) is 17.2 Å².